The third-order valence-electron chi connectivity index (χ3n) is 4.47. The van der Waals surface area contributed by atoms with Crippen LogP contribution in [0.1, 0.15) is 41.7 Å². The molecule has 0 unspecified atom stereocenters. The summed E-state index contributed by atoms with van der Waals surface area (Å²) in [5.74, 6) is 0.289. The molecule has 1 amide bonds. The molecule has 3 rings (SSSR count). The quantitative estimate of drug-likeness (QED) is 0.702. The molecule has 27 heavy (non-hydrogen) atoms. The average Bonchev–Trinajstić information content (AvgIpc) is 3.24. The highest BCUT2D eigenvalue weighted by Crippen LogP contribution is 2.20. The second-order valence-corrected chi connectivity index (χ2v) is 6.36. The van der Waals surface area contributed by atoms with Crippen LogP contribution in [0.15, 0.2) is 42.4 Å². The lowest BCUT2D eigenvalue weighted by molar-refractivity contribution is 0.00822. The van der Waals surface area contributed by atoms with E-state index in [1.807, 2.05) is 6.07 Å². The number of hydrogen-bond acceptors (Lipinski definition) is 5. The van der Waals surface area contributed by atoms with E-state index < -0.39 is 0 Å². The number of aliphatic imine (C=N–C) groups is 1. The van der Waals surface area contributed by atoms with Crippen LogP contribution in [-0.2, 0) is 9.47 Å². The zero-order chi connectivity index (χ0) is 19.1. The Morgan fingerprint density at radius 3 is 2.85 bits per heavy atom. The summed E-state index contributed by atoms with van der Waals surface area (Å²) in [6, 6.07) is 3.56. The predicted molar refractivity (Wildman–Crippen MR) is 103 cm³/mol. The molecule has 2 aromatic rings. The Kier molecular flexibility index (Phi) is 6.62. The van der Waals surface area contributed by atoms with Crippen molar-refractivity contribution < 1.29 is 14.3 Å². The number of pyridine rings is 1. The van der Waals surface area contributed by atoms with Crippen LogP contribution in [0.2, 0.25) is 0 Å². The largest absolute Gasteiger partial charge is 0.382 e. The van der Waals surface area contributed by atoms with Crippen LogP contribution < -0.4 is 0 Å². The summed E-state index contributed by atoms with van der Waals surface area (Å²) in [5.41, 5.74) is 2.02. The lowest BCUT2D eigenvalue weighted by atomic mass is 9.95. The van der Waals surface area contributed by atoms with Gasteiger partial charge in [-0.2, -0.15) is 0 Å². The van der Waals surface area contributed by atoms with Crippen LogP contribution >= 0.6 is 0 Å². The lowest BCUT2D eigenvalue weighted by Crippen LogP contribution is -2.23. The Morgan fingerprint density at radius 1 is 1.37 bits per heavy atom. The first-order valence-corrected chi connectivity index (χ1v) is 9.03. The third-order valence-corrected chi connectivity index (χ3v) is 4.47. The number of methoxy groups -OCH3 is 1. The van der Waals surface area contributed by atoms with Crippen molar-refractivity contribution >= 4 is 17.7 Å². The molecule has 0 atom stereocenters. The second kappa shape index (κ2) is 9.34. The van der Waals surface area contributed by atoms with Gasteiger partial charge in [-0.15, -0.1) is 0 Å². The first-order chi connectivity index (χ1) is 13.2. The van der Waals surface area contributed by atoms with Gasteiger partial charge in [0.1, 0.15) is 17.8 Å². The van der Waals surface area contributed by atoms with Crippen molar-refractivity contribution in [2.75, 3.05) is 20.3 Å². The Morgan fingerprint density at radius 2 is 2.19 bits per heavy atom. The number of nitrogens with zero attached hydrogens (tertiary/aromatic N) is 4. The molecular formula is C20H24N4O3. The fraction of sp³-hybridized carbons (Fsp3) is 0.400. The minimum atomic E-state index is -0.325. The van der Waals surface area contributed by atoms with Crippen molar-refractivity contribution in [3.05, 3.63) is 48.7 Å². The summed E-state index contributed by atoms with van der Waals surface area (Å²) in [7, 11) is 1.66. The fourth-order valence-electron chi connectivity index (χ4n) is 2.99. The first kappa shape index (κ1) is 19.1. The number of ether oxygens (including phenoxy) is 2. The molecule has 0 bridgehead atoms. The highest BCUT2D eigenvalue weighted by Gasteiger charge is 2.19. The van der Waals surface area contributed by atoms with Gasteiger partial charge < -0.3 is 9.47 Å². The number of amides is 1. The van der Waals surface area contributed by atoms with Gasteiger partial charge in [-0.1, -0.05) is 12.7 Å². The van der Waals surface area contributed by atoms with Gasteiger partial charge in [0.2, 0.25) is 0 Å². The zero-order valence-corrected chi connectivity index (χ0v) is 15.5. The van der Waals surface area contributed by atoms with Crippen LogP contribution in [0, 0.1) is 0 Å². The molecule has 2 heterocycles. The lowest BCUT2D eigenvalue weighted by Gasteiger charge is -2.23. The van der Waals surface area contributed by atoms with Crippen LogP contribution in [0.25, 0.3) is 11.9 Å². The molecule has 0 spiro atoms. The van der Waals surface area contributed by atoms with Gasteiger partial charge in [0.05, 0.1) is 19.3 Å². The molecule has 142 valence electrons. The minimum Gasteiger partial charge on any atom is -0.382 e. The van der Waals surface area contributed by atoms with Crippen molar-refractivity contribution in [3.8, 4) is 5.82 Å². The van der Waals surface area contributed by atoms with E-state index in [0.717, 1.165) is 37.0 Å². The van der Waals surface area contributed by atoms with Gasteiger partial charge in [0, 0.05) is 25.2 Å². The molecule has 0 radical (unpaired) electrons. The molecule has 0 N–H and O–H groups in total. The van der Waals surface area contributed by atoms with E-state index in [1.54, 1.807) is 42.5 Å². The number of aromatic nitrogens is 3. The summed E-state index contributed by atoms with van der Waals surface area (Å²) in [6.07, 6.45) is 10.3. The third kappa shape index (κ3) is 5.18. The smallest absolute Gasteiger partial charge is 0.295 e. The number of hydrogen-bond donors (Lipinski definition) is 0. The fourth-order valence-corrected chi connectivity index (χ4v) is 2.99. The summed E-state index contributed by atoms with van der Waals surface area (Å²) < 4.78 is 12.5. The summed E-state index contributed by atoms with van der Waals surface area (Å²) in [5, 5.41) is 0. The standard InChI is InChI=1S/C20H24N4O3/c1-3-15-12-18(23-19(13-15)24-9-8-21-14-24)20(25)22-16-4-6-17(7-5-16)27-11-10-26-2/h3,8-9,12-14,17H,1,4-7,10-11H2,2H3. The molecule has 2 aromatic heterocycles. The molecule has 0 aliphatic heterocycles. The second-order valence-electron chi connectivity index (χ2n) is 6.36. The highest BCUT2D eigenvalue weighted by atomic mass is 16.5. The molecule has 1 fully saturated rings. The van der Waals surface area contributed by atoms with Gasteiger partial charge in [0.15, 0.2) is 0 Å². The molecule has 1 aliphatic rings. The van der Waals surface area contributed by atoms with Gasteiger partial charge in [0.25, 0.3) is 5.91 Å². The van der Waals surface area contributed by atoms with Crippen molar-refractivity contribution in [1.29, 1.82) is 0 Å². The zero-order valence-electron chi connectivity index (χ0n) is 15.5. The Bertz CT molecular complexity index is 805. The maximum Gasteiger partial charge on any atom is 0.295 e. The minimum absolute atomic E-state index is 0.212. The van der Waals surface area contributed by atoms with E-state index in [0.29, 0.717) is 24.7 Å². The van der Waals surface area contributed by atoms with Crippen molar-refractivity contribution in [2.24, 2.45) is 4.99 Å². The number of carbonyl (C=O) groups excluding carboxylic acids is 1. The summed E-state index contributed by atoms with van der Waals surface area (Å²) >= 11 is 0. The summed E-state index contributed by atoms with van der Waals surface area (Å²) in [4.78, 5) is 25.4. The average molecular weight is 368 g/mol. The molecular weight excluding hydrogens is 344 g/mol. The van der Waals surface area contributed by atoms with Crippen molar-refractivity contribution in [2.45, 2.75) is 31.8 Å². The Hall–Kier alpha value is -2.64. The van der Waals surface area contributed by atoms with E-state index in [4.69, 9.17) is 9.47 Å². The normalized spacial score (nSPS) is 16.9. The van der Waals surface area contributed by atoms with Gasteiger partial charge in [-0.3, -0.25) is 9.36 Å². The molecule has 0 saturated heterocycles. The monoisotopic (exact) mass is 368 g/mol. The maximum absolute atomic E-state index is 12.6. The molecule has 1 saturated carbocycles. The molecule has 1 aliphatic carbocycles. The van der Waals surface area contributed by atoms with E-state index >= 15 is 0 Å². The van der Waals surface area contributed by atoms with E-state index in [2.05, 4.69) is 21.5 Å². The Labute approximate surface area is 158 Å². The predicted octanol–water partition coefficient (Wildman–Crippen LogP) is 3.10. The van der Waals surface area contributed by atoms with E-state index in [-0.39, 0.29) is 12.0 Å². The molecule has 0 aromatic carbocycles. The number of rotatable bonds is 7. The van der Waals surface area contributed by atoms with E-state index in [1.165, 1.54) is 0 Å². The van der Waals surface area contributed by atoms with Crippen LogP contribution in [0.3, 0.4) is 0 Å². The SMILES string of the molecule is C=Cc1cc(C(=O)N=C2CCC(OCCOC)CC2)nc(-n2ccnc2)c1. The van der Waals surface area contributed by atoms with Crippen LogP contribution in [0.4, 0.5) is 0 Å². The van der Waals surface area contributed by atoms with Gasteiger partial charge in [-0.05, 0) is 43.4 Å². The number of carbonyl (C=O) groups is 1. The first-order valence-electron chi connectivity index (χ1n) is 9.03. The topological polar surface area (TPSA) is 78.6 Å². The van der Waals surface area contributed by atoms with Gasteiger partial charge in [-0.25, -0.2) is 15.0 Å². The number of imidazole rings is 1. The highest BCUT2D eigenvalue weighted by molar-refractivity contribution is 6.03. The van der Waals surface area contributed by atoms with Crippen LogP contribution in [-0.4, -0.2) is 52.6 Å². The molecule has 7 nitrogen and oxygen atoms in total. The molecule has 7 heteroatoms. The maximum atomic E-state index is 12.6. The van der Waals surface area contributed by atoms with Gasteiger partial charge >= 0.3 is 0 Å². The summed E-state index contributed by atoms with van der Waals surface area (Å²) in [6.45, 7) is 4.98. The van der Waals surface area contributed by atoms with E-state index in [9.17, 15) is 4.79 Å². The Balaban J connectivity index is 1.68. The van der Waals surface area contributed by atoms with Crippen molar-refractivity contribution in [3.63, 3.8) is 0 Å². The van der Waals surface area contributed by atoms with Crippen molar-refractivity contribution in [1.82, 2.24) is 14.5 Å². The van der Waals surface area contributed by atoms with Crippen LogP contribution in [0.5, 0.6) is 0 Å².